The fourth-order valence-corrected chi connectivity index (χ4v) is 3.60. The second kappa shape index (κ2) is 7.84. The Morgan fingerprint density at radius 1 is 1.27 bits per heavy atom. The number of alkyl halides is 3. The topological polar surface area (TPSA) is 67.6 Å². The number of nitro benzene ring substituents is 1. The molecule has 0 aromatic heterocycles. The lowest BCUT2D eigenvalue weighted by Crippen LogP contribution is -2.39. The maximum absolute atomic E-state index is 13.8. The van der Waals surface area contributed by atoms with Gasteiger partial charge in [0.1, 0.15) is 17.1 Å². The van der Waals surface area contributed by atoms with E-state index < -0.39 is 22.5 Å². The maximum Gasteiger partial charge on any atom is 0.419 e. The predicted octanol–water partition coefficient (Wildman–Crippen LogP) is 4.57. The molecule has 1 aliphatic rings. The number of halogens is 4. The SMILES string of the molecule is COc1ccc(CN2CNCC2(C)C)c([N+](=O)[O-])c1-c1ccc(F)c(C(F)(F)F)c1. The number of nitrogens with zero attached hydrogens (tertiary/aromatic N) is 2. The Labute approximate surface area is 170 Å². The molecule has 1 heterocycles. The van der Waals surface area contributed by atoms with E-state index in [9.17, 15) is 27.7 Å². The van der Waals surface area contributed by atoms with E-state index in [4.69, 9.17) is 4.74 Å². The number of methoxy groups -OCH3 is 1. The predicted molar refractivity (Wildman–Crippen MR) is 103 cm³/mol. The van der Waals surface area contributed by atoms with Crippen LogP contribution < -0.4 is 10.1 Å². The molecule has 1 aliphatic heterocycles. The van der Waals surface area contributed by atoms with Crippen molar-refractivity contribution in [1.29, 1.82) is 0 Å². The molecule has 30 heavy (non-hydrogen) atoms. The van der Waals surface area contributed by atoms with Crippen LogP contribution in [-0.4, -0.2) is 35.7 Å². The van der Waals surface area contributed by atoms with Gasteiger partial charge in [-0.1, -0.05) is 6.07 Å². The van der Waals surface area contributed by atoms with Crippen molar-refractivity contribution >= 4 is 5.69 Å². The third kappa shape index (κ3) is 4.10. The second-order valence-corrected chi connectivity index (χ2v) is 7.70. The Bertz CT molecular complexity index is 976. The van der Waals surface area contributed by atoms with Gasteiger partial charge in [0.2, 0.25) is 0 Å². The Morgan fingerprint density at radius 3 is 2.50 bits per heavy atom. The molecule has 0 aliphatic carbocycles. The molecule has 0 atom stereocenters. The lowest BCUT2D eigenvalue weighted by molar-refractivity contribution is -0.385. The zero-order chi connectivity index (χ0) is 22.3. The van der Waals surface area contributed by atoms with Gasteiger partial charge in [0, 0.05) is 30.9 Å². The summed E-state index contributed by atoms with van der Waals surface area (Å²) in [5.74, 6) is -1.42. The molecule has 10 heteroatoms. The lowest BCUT2D eigenvalue weighted by atomic mass is 9.96. The van der Waals surface area contributed by atoms with E-state index in [-0.39, 0.29) is 34.6 Å². The van der Waals surface area contributed by atoms with E-state index in [1.54, 1.807) is 0 Å². The fourth-order valence-electron chi connectivity index (χ4n) is 3.60. The Morgan fingerprint density at radius 2 is 1.97 bits per heavy atom. The van der Waals surface area contributed by atoms with Crippen LogP contribution in [-0.2, 0) is 12.7 Å². The highest BCUT2D eigenvalue weighted by Gasteiger charge is 2.37. The van der Waals surface area contributed by atoms with Crippen molar-refractivity contribution in [3.8, 4) is 16.9 Å². The first-order chi connectivity index (χ1) is 14.0. The number of benzene rings is 2. The Balaban J connectivity index is 2.20. The average molecular weight is 427 g/mol. The lowest BCUT2D eigenvalue weighted by Gasteiger charge is -2.30. The number of nitrogens with one attached hydrogen (secondary N) is 1. The molecule has 162 valence electrons. The normalized spacial score (nSPS) is 16.6. The van der Waals surface area contributed by atoms with Crippen molar-refractivity contribution in [2.75, 3.05) is 20.3 Å². The van der Waals surface area contributed by atoms with Crippen LogP contribution in [0, 0.1) is 15.9 Å². The number of nitro groups is 1. The largest absolute Gasteiger partial charge is 0.496 e. The van der Waals surface area contributed by atoms with Crippen molar-refractivity contribution < 1.29 is 27.2 Å². The van der Waals surface area contributed by atoms with Crippen LogP contribution in [0.25, 0.3) is 11.1 Å². The summed E-state index contributed by atoms with van der Waals surface area (Å²) in [6, 6.07) is 5.32. The van der Waals surface area contributed by atoms with Crippen LogP contribution in [0.3, 0.4) is 0 Å². The first-order valence-electron chi connectivity index (χ1n) is 9.13. The minimum absolute atomic E-state index is 0.0315. The van der Waals surface area contributed by atoms with Crippen molar-refractivity contribution in [2.45, 2.75) is 32.1 Å². The first-order valence-corrected chi connectivity index (χ1v) is 9.13. The van der Waals surface area contributed by atoms with Crippen LogP contribution in [0.5, 0.6) is 5.75 Å². The van der Waals surface area contributed by atoms with Gasteiger partial charge in [-0.25, -0.2) is 4.39 Å². The molecule has 0 radical (unpaired) electrons. The molecule has 0 unspecified atom stereocenters. The summed E-state index contributed by atoms with van der Waals surface area (Å²) in [6.45, 7) is 5.38. The fraction of sp³-hybridized carbons (Fsp3) is 0.400. The van der Waals surface area contributed by atoms with Gasteiger partial charge in [-0.3, -0.25) is 15.0 Å². The van der Waals surface area contributed by atoms with Crippen LogP contribution in [0.2, 0.25) is 0 Å². The molecular weight excluding hydrogens is 406 g/mol. The number of hydrogen-bond donors (Lipinski definition) is 1. The van der Waals surface area contributed by atoms with Crippen LogP contribution >= 0.6 is 0 Å². The van der Waals surface area contributed by atoms with Crippen LogP contribution in [0.15, 0.2) is 30.3 Å². The highest BCUT2D eigenvalue weighted by atomic mass is 19.4. The van der Waals surface area contributed by atoms with Gasteiger partial charge in [-0.15, -0.1) is 0 Å². The molecule has 6 nitrogen and oxygen atoms in total. The number of ether oxygens (including phenoxy) is 1. The van der Waals surface area contributed by atoms with Gasteiger partial charge in [0.25, 0.3) is 5.69 Å². The molecule has 1 fully saturated rings. The summed E-state index contributed by atoms with van der Waals surface area (Å²) in [5.41, 5.74) is -2.05. The van der Waals surface area contributed by atoms with Gasteiger partial charge < -0.3 is 10.1 Å². The summed E-state index contributed by atoms with van der Waals surface area (Å²) in [5, 5.41) is 15.2. The van der Waals surface area contributed by atoms with Crippen molar-refractivity contribution in [2.24, 2.45) is 0 Å². The summed E-state index contributed by atoms with van der Waals surface area (Å²) in [7, 11) is 1.27. The van der Waals surface area contributed by atoms with Crippen molar-refractivity contribution in [3.63, 3.8) is 0 Å². The van der Waals surface area contributed by atoms with E-state index in [2.05, 4.69) is 5.32 Å². The summed E-state index contributed by atoms with van der Waals surface area (Å²) in [6.07, 6.45) is -4.94. The van der Waals surface area contributed by atoms with Crippen molar-refractivity contribution in [1.82, 2.24) is 10.2 Å². The maximum atomic E-state index is 13.8. The molecule has 0 spiro atoms. The van der Waals surface area contributed by atoms with Crippen molar-refractivity contribution in [3.05, 3.63) is 57.4 Å². The van der Waals surface area contributed by atoms with Crippen LogP contribution in [0.4, 0.5) is 23.2 Å². The molecule has 1 saturated heterocycles. The first kappa shape index (κ1) is 22.0. The van der Waals surface area contributed by atoms with E-state index in [0.29, 0.717) is 30.9 Å². The molecule has 0 bridgehead atoms. The highest BCUT2D eigenvalue weighted by Crippen LogP contribution is 2.43. The van der Waals surface area contributed by atoms with E-state index >= 15 is 0 Å². The number of rotatable bonds is 5. The number of hydrogen-bond acceptors (Lipinski definition) is 5. The van der Waals surface area contributed by atoms with Gasteiger partial charge in [-0.2, -0.15) is 13.2 Å². The standard InChI is InChI=1S/C20H21F4N3O3/c1-19(2)10-25-11-26(19)9-13-5-7-16(30-3)17(18(13)27(28)29)12-4-6-15(21)14(8-12)20(22,23)24/h4-8,25H,9-11H2,1-3H3. The van der Waals surface area contributed by atoms with Gasteiger partial charge in [-0.05, 0) is 43.7 Å². The van der Waals surface area contributed by atoms with E-state index in [1.165, 1.54) is 19.2 Å². The summed E-state index contributed by atoms with van der Waals surface area (Å²) < 4.78 is 58.6. The second-order valence-electron chi connectivity index (χ2n) is 7.70. The van der Waals surface area contributed by atoms with Crippen LogP contribution in [0.1, 0.15) is 25.0 Å². The molecule has 2 aromatic rings. The zero-order valence-electron chi connectivity index (χ0n) is 16.6. The monoisotopic (exact) mass is 427 g/mol. The molecule has 0 amide bonds. The third-order valence-corrected chi connectivity index (χ3v) is 5.26. The molecular formula is C20H21F4N3O3. The minimum Gasteiger partial charge on any atom is -0.496 e. The highest BCUT2D eigenvalue weighted by molar-refractivity contribution is 5.82. The average Bonchev–Trinajstić information content (AvgIpc) is 2.98. The molecule has 0 saturated carbocycles. The molecule has 3 rings (SSSR count). The van der Waals surface area contributed by atoms with E-state index in [0.717, 1.165) is 6.07 Å². The Hall–Kier alpha value is -2.72. The summed E-state index contributed by atoms with van der Waals surface area (Å²) in [4.78, 5) is 13.3. The van der Waals surface area contributed by atoms with Gasteiger partial charge in [0.05, 0.1) is 17.6 Å². The smallest absolute Gasteiger partial charge is 0.419 e. The Kier molecular flexibility index (Phi) is 5.74. The van der Waals surface area contributed by atoms with E-state index in [1.807, 2.05) is 18.7 Å². The minimum atomic E-state index is -4.94. The molecule has 1 N–H and O–H groups in total. The van der Waals surface area contributed by atoms with Gasteiger partial charge in [0.15, 0.2) is 0 Å². The van der Waals surface area contributed by atoms with Gasteiger partial charge >= 0.3 is 6.18 Å². The molecule has 2 aromatic carbocycles. The zero-order valence-corrected chi connectivity index (χ0v) is 16.6. The summed E-state index contributed by atoms with van der Waals surface area (Å²) >= 11 is 0. The third-order valence-electron chi connectivity index (χ3n) is 5.26. The quantitative estimate of drug-likeness (QED) is 0.430.